The lowest BCUT2D eigenvalue weighted by atomic mass is 10.2. The third kappa shape index (κ3) is 3.39. The van der Waals surface area contributed by atoms with Gasteiger partial charge in [-0.2, -0.15) is 0 Å². The van der Waals surface area contributed by atoms with Crippen molar-refractivity contribution in [3.8, 4) is 0 Å². The van der Waals surface area contributed by atoms with Crippen LogP contribution in [0.4, 0.5) is 14.5 Å². The highest BCUT2D eigenvalue weighted by atomic mass is 79.9. The van der Waals surface area contributed by atoms with Crippen LogP contribution < -0.4 is 5.73 Å². The quantitative estimate of drug-likeness (QED) is 0.863. The number of nitrogen functional groups attached to an aromatic ring is 1. The summed E-state index contributed by atoms with van der Waals surface area (Å²) in [6.07, 6.45) is 0. The van der Waals surface area contributed by atoms with E-state index in [-0.39, 0.29) is 10.6 Å². The minimum Gasteiger partial charge on any atom is -0.399 e. The summed E-state index contributed by atoms with van der Waals surface area (Å²) in [5.41, 5.74) is 6.88. The molecule has 0 heterocycles. The smallest absolute Gasteiger partial charge is 0.139 e. The van der Waals surface area contributed by atoms with Gasteiger partial charge in [0.1, 0.15) is 11.6 Å². The Balaban J connectivity index is 2.28. The maximum Gasteiger partial charge on any atom is 0.139 e. The fourth-order valence-corrected chi connectivity index (χ4v) is 3.49. The number of rotatable bonds is 3. The van der Waals surface area contributed by atoms with E-state index in [1.165, 1.54) is 0 Å². The van der Waals surface area contributed by atoms with Crippen molar-refractivity contribution in [1.29, 1.82) is 0 Å². The van der Waals surface area contributed by atoms with Gasteiger partial charge in [-0.25, -0.2) is 8.78 Å². The van der Waals surface area contributed by atoms with Crippen LogP contribution in [0.5, 0.6) is 0 Å². The van der Waals surface area contributed by atoms with E-state index in [2.05, 4.69) is 15.9 Å². The Labute approximate surface area is 120 Å². The van der Waals surface area contributed by atoms with Gasteiger partial charge in [0.2, 0.25) is 0 Å². The van der Waals surface area contributed by atoms with Crippen LogP contribution in [0.25, 0.3) is 0 Å². The van der Waals surface area contributed by atoms with Crippen molar-refractivity contribution in [1.82, 2.24) is 0 Å². The molecule has 2 N–H and O–H groups in total. The Hall–Kier alpha value is -1.27. The Morgan fingerprint density at radius 1 is 1.16 bits per heavy atom. The van der Waals surface area contributed by atoms with E-state index in [9.17, 15) is 13.0 Å². The molecule has 0 aliphatic heterocycles. The number of halogens is 3. The SMILES string of the molecule is Nc1ccc(CS(=O)c2cc(F)ccc2F)c(Br)c1. The second-order valence-corrected chi connectivity index (χ2v) is 6.19. The zero-order valence-corrected chi connectivity index (χ0v) is 12.1. The topological polar surface area (TPSA) is 43.1 Å². The van der Waals surface area contributed by atoms with E-state index >= 15 is 0 Å². The molecule has 19 heavy (non-hydrogen) atoms. The summed E-state index contributed by atoms with van der Waals surface area (Å²) in [7, 11) is -1.66. The number of nitrogens with two attached hydrogens (primary N) is 1. The molecule has 2 aromatic rings. The molecular formula is C13H10BrF2NOS. The molecule has 6 heteroatoms. The van der Waals surface area contributed by atoms with Gasteiger partial charge in [0.15, 0.2) is 0 Å². The largest absolute Gasteiger partial charge is 0.399 e. The van der Waals surface area contributed by atoms with Gasteiger partial charge in [-0.05, 0) is 35.9 Å². The Morgan fingerprint density at radius 2 is 1.89 bits per heavy atom. The van der Waals surface area contributed by atoms with E-state index in [1.807, 2.05) is 0 Å². The number of anilines is 1. The third-order valence-electron chi connectivity index (χ3n) is 2.50. The molecular weight excluding hydrogens is 336 g/mol. The van der Waals surface area contributed by atoms with Crippen molar-refractivity contribution in [3.05, 3.63) is 58.1 Å². The minimum absolute atomic E-state index is 0.0846. The van der Waals surface area contributed by atoms with Crippen LogP contribution in [0.2, 0.25) is 0 Å². The fourth-order valence-electron chi connectivity index (χ4n) is 1.55. The summed E-state index contributed by atoms with van der Waals surface area (Å²) >= 11 is 3.30. The van der Waals surface area contributed by atoms with E-state index in [0.717, 1.165) is 23.8 Å². The molecule has 0 aliphatic carbocycles. The van der Waals surface area contributed by atoms with Crippen LogP contribution >= 0.6 is 15.9 Å². The molecule has 0 aliphatic rings. The van der Waals surface area contributed by atoms with E-state index in [4.69, 9.17) is 5.73 Å². The Kier molecular flexibility index (Phi) is 4.31. The number of hydrogen-bond donors (Lipinski definition) is 1. The van der Waals surface area contributed by atoms with Gasteiger partial charge in [0.05, 0.1) is 21.4 Å². The average Bonchev–Trinajstić information content (AvgIpc) is 2.35. The molecule has 0 spiro atoms. The first-order valence-electron chi connectivity index (χ1n) is 5.34. The van der Waals surface area contributed by atoms with Crippen molar-refractivity contribution < 1.29 is 13.0 Å². The van der Waals surface area contributed by atoms with E-state index in [0.29, 0.717) is 10.2 Å². The Bertz CT molecular complexity index is 649. The normalized spacial score (nSPS) is 12.4. The molecule has 0 amide bonds. The molecule has 0 bridgehead atoms. The van der Waals surface area contributed by atoms with Crippen LogP contribution in [-0.4, -0.2) is 4.21 Å². The molecule has 2 nitrogen and oxygen atoms in total. The number of hydrogen-bond acceptors (Lipinski definition) is 2. The summed E-state index contributed by atoms with van der Waals surface area (Å²) in [5.74, 6) is -1.20. The first kappa shape index (κ1) is 14.1. The van der Waals surface area contributed by atoms with Crippen LogP contribution in [0.1, 0.15) is 5.56 Å². The maximum absolute atomic E-state index is 13.5. The van der Waals surface area contributed by atoms with Crippen LogP contribution in [0, 0.1) is 11.6 Å². The lowest BCUT2D eigenvalue weighted by Gasteiger charge is -2.07. The van der Waals surface area contributed by atoms with Gasteiger partial charge >= 0.3 is 0 Å². The molecule has 1 atom stereocenters. The Morgan fingerprint density at radius 3 is 2.58 bits per heavy atom. The molecule has 0 aromatic heterocycles. The highest BCUT2D eigenvalue weighted by Crippen LogP contribution is 2.24. The van der Waals surface area contributed by atoms with Crippen LogP contribution in [-0.2, 0) is 16.6 Å². The van der Waals surface area contributed by atoms with Crippen molar-refractivity contribution in [2.45, 2.75) is 10.6 Å². The van der Waals surface area contributed by atoms with Crippen LogP contribution in [0.3, 0.4) is 0 Å². The minimum atomic E-state index is -1.66. The second kappa shape index (κ2) is 5.79. The summed E-state index contributed by atoms with van der Waals surface area (Å²) < 4.78 is 39.3. The van der Waals surface area contributed by atoms with Gasteiger partial charge in [-0.15, -0.1) is 0 Å². The van der Waals surface area contributed by atoms with Gasteiger partial charge in [-0.1, -0.05) is 22.0 Å². The molecule has 2 aromatic carbocycles. The third-order valence-corrected chi connectivity index (χ3v) is 4.62. The first-order valence-corrected chi connectivity index (χ1v) is 7.46. The van der Waals surface area contributed by atoms with Gasteiger partial charge < -0.3 is 5.73 Å². The molecule has 0 saturated heterocycles. The van der Waals surface area contributed by atoms with E-state index in [1.54, 1.807) is 18.2 Å². The molecule has 0 saturated carbocycles. The fraction of sp³-hybridized carbons (Fsp3) is 0.0769. The summed E-state index contributed by atoms with van der Waals surface area (Å²) in [4.78, 5) is -0.135. The van der Waals surface area contributed by atoms with Gasteiger partial charge in [-0.3, -0.25) is 4.21 Å². The van der Waals surface area contributed by atoms with Gasteiger partial charge in [0, 0.05) is 10.2 Å². The zero-order chi connectivity index (χ0) is 14.0. The van der Waals surface area contributed by atoms with Crippen LogP contribution in [0.15, 0.2) is 45.8 Å². The summed E-state index contributed by atoms with van der Waals surface area (Å²) in [6, 6.07) is 7.97. The highest BCUT2D eigenvalue weighted by Gasteiger charge is 2.13. The first-order chi connectivity index (χ1) is 8.97. The lowest BCUT2D eigenvalue weighted by Crippen LogP contribution is -2.01. The summed E-state index contributed by atoms with van der Waals surface area (Å²) in [5, 5.41) is 0. The van der Waals surface area contributed by atoms with Crippen molar-refractivity contribution >= 4 is 32.4 Å². The number of benzene rings is 2. The van der Waals surface area contributed by atoms with Crippen molar-refractivity contribution in [2.24, 2.45) is 0 Å². The van der Waals surface area contributed by atoms with Gasteiger partial charge in [0.25, 0.3) is 0 Å². The molecule has 1 unspecified atom stereocenters. The molecule has 100 valence electrons. The lowest BCUT2D eigenvalue weighted by molar-refractivity contribution is 0.572. The zero-order valence-electron chi connectivity index (χ0n) is 9.70. The van der Waals surface area contributed by atoms with Crippen molar-refractivity contribution in [3.63, 3.8) is 0 Å². The second-order valence-electron chi connectivity index (χ2n) is 3.92. The average molecular weight is 346 g/mol. The van der Waals surface area contributed by atoms with Crippen molar-refractivity contribution in [2.75, 3.05) is 5.73 Å². The maximum atomic E-state index is 13.5. The molecule has 0 fully saturated rings. The predicted octanol–water partition coefficient (Wildman–Crippen LogP) is 3.62. The highest BCUT2D eigenvalue weighted by molar-refractivity contribution is 9.10. The monoisotopic (exact) mass is 345 g/mol. The van der Waals surface area contributed by atoms with E-state index < -0.39 is 22.4 Å². The summed E-state index contributed by atoms with van der Waals surface area (Å²) in [6.45, 7) is 0. The molecule has 0 radical (unpaired) electrons. The predicted molar refractivity (Wildman–Crippen MR) is 75.0 cm³/mol. The standard InChI is InChI=1S/C13H10BrF2NOS/c14-11-6-10(17)3-1-8(11)7-19(18)13-5-9(15)2-4-12(13)16/h1-6H,7,17H2. The molecule has 2 rings (SSSR count).